The molecule has 3 rings (SSSR count). The number of benzene rings is 2. The van der Waals surface area contributed by atoms with Crippen LogP contribution in [0, 0.1) is 6.92 Å². The summed E-state index contributed by atoms with van der Waals surface area (Å²) in [4.78, 5) is 16.7. The van der Waals surface area contributed by atoms with E-state index in [0.29, 0.717) is 5.02 Å². The van der Waals surface area contributed by atoms with Crippen LogP contribution in [0.5, 0.6) is 0 Å². The van der Waals surface area contributed by atoms with Crippen molar-refractivity contribution in [3.63, 3.8) is 0 Å². The number of anilines is 1. The molecule has 0 atom stereocenters. The highest BCUT2D eigenvalue weighted by Crippen LogP contribution is 2.25. The second-order valence-electron chi connectivity index (χ2n) is 5.19. The Morgan fingerprint density at radius 1 is 1.17 bits per heavy atom. The van der Waals surface area contributed by atoms with Crippen LogP contribution in [0.4, 0.5) is 5.69 Å². The van der Waals surface area contributed by atoms with Gasteiger partial charge in [-0.1, -0.05) is 41.9 Å². The second-order valence-corrected chi connectivity index (χ2v) is 6.49. The summed E-state index contributed by atoms with van der Waals surface area (Å²) in [5.41, 5.74) is 3.66. The molecule has 0 spiro atoms. The van der Waals surface area contributed by atoms with Gasteiger partial charge in [0, 0.05) is 21.7 Å². The molecule has 3 nitrogen and oxygen atoms in total. The molecule has 1 amide bonds. The summed E-state index contributed by atoms with van der Waals surface area (Å²) in [5, 5.41) is 6.43. The van der Waals surface area contributed by atoms with E-state index in [1.54, 1.807) is 0 Å². The van der Waals surface area contributed by atoms with E-state index in [1.165, 1.54) is 11.3 Å². The molecule has 0 saturated heterocycles. The molecule has 0 aliphatic carbocycles. The van der Waals surface area contributed by atoms with Crippen molar-refractivity contribution in [2.45, 2.75) is 13.3 Å². The molecule has 23 heavy (non-hydrogen) atoms. The van der Waals surface area contributed by atoms with Crippen LogP contribution >= 0.6 is 22.9 Å². The Morgan fingerprint density at radius 3 is 2.65 bits per heavy atom. The van der Waals surface area contributed by atoms with Crippen molar-refractivity contribution in [1.82, 2.24) is 4.98 Å². The van der Waals surface area contributed by atoms with Crippen LogP contribution in [0.1, 0.15) is 11.3 Å². The van der Waals surface area contributed by atoms with Gasteiger partial charge in [0.05, 0.1) is 12.1 Å². The Bertz CT molecular complexity index is 827. The fourth-order valence-corrected chi connectivity index (χ4v) is 3.14. The van der Waals surface area contributed by atoms with Gasteiger partial charge >= 0.3 is 0 Å². The smallest absolute Gasteiger partial charge is 0.230 e. The van der Waals surface area contributed by atoms with Crippen molar-refractivity contribution < 1.29 is 4.79 Å². The number of amides is 1. The Hall–Kier alpha value is -2.17. The van der Waals surface area contributed by atoms with E-state index >= 15 is 0 Å². The van der Waals surface area contributed by atoms with Crippen LogP contribution in [-0.2, 0) is 11.2 Å². The predicted molar refractivity (Wildman–Crippen MR) is 96.1 cm³/mol. The average Bonchev–Trinajstić information content (AvgIpc) is 2.98. The van der Waals surface area contributed by atoms with Gasteiger partial charge < -0.3 is 5.32 Å². The number of carbonyl (C=O) groups is 1. The van der Waals surface area contributed by atoms with E-state index in [0.717, 1.165) is 27.5 Å². The number of nitrogens with zero attached hydrogens (tertiary/aromatic N) is 1. The summed E-state index contributed by atoms with van der Waals surface area (Å²) >= 11 is 7.42. The third-order valence-electron chi connectivity index (χ3n) is 3.40. The predicted octanol–water partition coefficient (Wildman–Crippen LogP) is 4.95. The molecule has 3 aromatic rings. The molecule has 0 bridgehead atoms. The van der Waals surface area contributed by atoms with Crippen molar-refractivity contribution in [1.29, 1.82) is 0 Å². The largest absolute Gasteiger partial charge is 0.326 e. The van der Waals surface area contributed by atoms with E-state index < -0.39 is 0 Å². The van der Waals surface area contributed by atoms with E-state index in [1.807, 2.05) is 60.8 Å². The van der Waals surface area contributed by atoms with Crippen molar-refractivity contribution in [2.75, 3.05) is 5.32 Å². The molecule has 1 N–H and O–H groups in total. The Kier molecular flexibility index (Phi) is 4.74. The number of aromatic nitrogens is 1. The van der Waals surface area contributed by atoms with Gasteiger partial charge in [0.25, 0.3) is 0 Å². The summed E-state index contributed by atoms with van der Waals surface area (Å²) in [7, 11) is 0. The third kappa shape index (κ3) is 3.97. The molecular formula is C18H15ClN2OS. The normalized spacial score (nSPS) is 10.5. The fraction of sp³-hybridized carbons (Fsp3) is 0.111. The second kappa shape index (κ2) is 6.94. The molecule has 1 heterocycles. The topological polar surface area (TPSA) is 42.0 Å². The van der Waals surface area contributed by atoms with Crippen LogP contribution in [0.2, 0.25) is 5.02 Å². The SMILES string of the molecule is Cc1ccccc1NC(=O)Cc1csc(-c2ccc(Cl)cc2)n1. The van der Waals surface area contributed by atoms with Crippen molar-refractivity contribution in [3.8, 4) is 10.6 Å². The highest BCUT2D eigenvalue weighted by molar-refractivity contribution is 7.13. The van der Waals surface area contributed by atoms with Crippen molar-refractivity contribution in [3.05, 3.63) is 70.2 Å². The molecule has 0 unspecified atom stereocenters. The van der Waals surface area contributed by atoms with Gasteiger partial charge in [-0.3, -0.25) is 4.79 Å². The first-order valence-electron chi connectivity index (χ1n) is 7.17. The zero-order chi connectivity index (χ0) is 16.2. The molecular weight excluding hydrogens is 328 g/mol. The lowest BCUT2D eigenvalue weighted by Gasteiger charge is -2.06. The number of nitrogens with one attached hydrogen (secondary N) is 1. The fourth-order valence-electron chi connectivity index (χ4n) is 2.19. The van der Waals surface area contributed by atoms with Crippen LogP contribution in [0.3, 0.4) is 0 Å². The standard InChI is InChI=1S/C18H15ClN2OS/c1-12-4-2-3-5-16(12)21-17(22)10-15-11-23-18(20-15)13-6-8-14(19)9-7-13/h2-9,11H,10H2,1H3,(H,21,22). The van der Waals surface area contributed by atoms with Crippen LogP contribution in [0.15, 0.2) is 53.9 Å². The van der Waals surface area contributed by atoms with Gasteiger partial charge in [-0.05, 0) is 30.7 Å². The summed E-state index contributed by atoms with van der Waals surface area (Å²) in [5.74, 6) is -0.0627. The maximum absolute atomic E-state index is 12.2. The highest BCUT2D eigenvalue weighted by atomic mass is 35.5. The minimum atomic E-state index is -0.0627. The lowest BCUT2D eigenvalue weighted by molar-refractivity contribution is -0.115. The maximum Gasteiger partial charge on any atom is 0.230 e. The van der Waals surface area contributed by atoms with Gasteiger partial charge in [0.1, 0.15) is 5.01 Å². The molecule has 0 radical (unpaired) electrons. The Labute approximate surface area is 144 Å². The summed E-state index contributed by atoms with van der Waals surface area (Å²) < 4.78 is 0. The summed E-state index contributed by atoms with van der Waals surface area (Å²) in [6.07, 6.45) is 0.262. The van der Waals surface area contributed by atoms with Gasteiger partial charge in [0.15, 0.2) is 0 Å². The molecule has 0 aliphatic heterocycles. The summed E-state index contributed by atoms with van der Waals surface area (Å²) in [6, 6.07) is 15.3. The van der Waals surface area contributed by atoms with E-state index in [-0.39, 0.29) is 12.3 Å². The number of halogens is 1. The molecule has 5 heteroatoms. The number of aryl methyl sites for hydroxylation is 1. The minimum absolute atomic E-state index is 0.0627. The zero-order valence-corrected chi connectivity index (χ0v) is 14.1. The van der Waals surface area contributed by atoms with E-state index in [9.17, 15) is 4.79 Å². The lowest BCUT2D eigenvalue weighted by Crippen LogP contribution is -2.15. The first-order chi connectivity index (χ1) is 11.1. The summed E-state index contributed by atoms with van der Waals surface area (Å²) in [6.45, 7) is 1.97. The number of hydrogen-bond acceptors (Lipinski definition) is 3. The van der Waals surface area contributed by atoms with Crippen molar-refractivity contribution >= 4 is 34.5 Å². The van der Waals surface area contributed by atoms with Gasteiger partial charge in [-0.15, -0.1) is 11.3 Å². The third-order valence-corrected chi connectivity index (χ3v) is 4.60. The van der Waals surface area contributed by atoms with E-state index in [2.05, 4.69) is 10.3 Å². The molecule has 0 fully saturated rings. The molecule has 0 saturated carbocycles. The number of thiazole rings is 1. The highest BCUT2D eigenvalue weighted by Gasteiger charge is 2.10. The molecule has 2 aromatic carbocycles. The first-order valence-corrected chi connectivity index (χ1v) is 8.43. The monoisotopic (exact) mass is 342 g/mol. The van der Waals surface area contributed by atoms with Gasteiger partial charge in [-0.2, -0.15) is 0 Å². The maximum atomic E-state index is 12.2. The average molecular weight is 343 g/mol. The molecule has 0 aliphatic rings. The number of rotatable bonds is 4. The number of carbonyl (C=O) groups excluding carboxylic acids is 1. The molecule has 1 aromatic heterocycles. The van der Waals surface area contributed by atoms with Gasteiger partial charge in [-0.25, -0.2) is 4.98 Å². The quantitative estimate of drug-likeness (QED) is 0.728. The zero-order valence-electron chi connectivity index (χ0n) is 12.5. The van der Waals surface area contributed by atoms with Crippen LogP contribution < -0.4 is 5.32 Å². The first kappa shape index (κ1) is 15.7. The lowest BCUT2D eigenvalue weighted by atomic mass is 10.2. The Morgan fingerprint density at radius 2 is 1.91 bits per heavy atom. The van der Waals surface area contributed by atoms with E-state index in [4.69, 9.17) is 11.6 Å². The molecule has 116 valence electrons. The minimum Gasteiger partial charge on any atom is -0.326 e. The number of para-hydroxylation sites is 1. The van der Waals surface area contributed by atoms with Crippen molar-refractivity contribution in [2.24, 2.45) is 0 Å². The number of hydrogen-bond donors (Lipinski definition) is 1. The van der Waals surface area contributed by atoms with Crippen LogP contribution in [-0.4, -0.2) is 10.9 Å². The van der Waals surface area contributed by atoms with Crippen LogP contribution in [0.25, 0.3) is 10.6 Å². The van der Waals surface area contributed by atoms with Gasteiger partial charge in [0.2, 0.25) is 5.91 Å². The Balaban J connectivity index is 1.68.